The maximum absolute atomic E-state index is 12.4. The lowest BCUT2D eigenvalue weighted by Crippen LogP contribution is -2.22. The normalized spacial score (nSPS) is 23.8. The average molecular weight is 449 g/mol. The summed E-state index contributed by atoms with van der Waals surface area (Å²) in [7, 11) is 0. The number of carbonyl (C=O) groups excluding carboxylic acids is 1. The van der Waals surface area contributed by atoms with Gasteiger partial charge >= 0.3 is 5.97 Å². The summed E-state index contributed by atoms with van der Waals surface area (Å²) >= 11 is 0. The molecule has 5 nitrogen and oxygen atoms in total. The van der Waals surface area contributed by atoms with E-state index in [1.54, 1.807) is 0 Å². The highest BCUT2D eigenvalue weighted by molar-refractivity contribution is 5.88. The number of carbonyl (C=O) groups is 1. The molecule has 0 aromatic rings. The van der Waals surface area contributed by atoms with Gasteiger partial charge in [0.15, 0.2) is 6.29 Å². The Morgan fingerprint density at radius 2 is 1.75 bits per heavy atom. The highest BCUT2D eigenvalue weighted by atomic mass is 16.7. The molecule has 0 aromatic heterocycles. The number of epoxide rings is 1. The van der Waals surface area contributed by atoms with Gasteiger partial charge in [-0.05, 0) is 92.4 Å². The monoisotopic (exact) mass is 448 g/mol. The topological polar surface area (TPSA) is 57.3 Å². The molecule has 0 N–H and O–H groups in total. The van der Waals surface area contributed by atoms with Gasteiger partial charge in [-0.15, -0.1) is 0 Å². The van der Waals surface area contributed by atoms with Crippen LogP contribution < -0.4 is 0 Å². The van der Waals surface area contributed by atoms with Gasteiger partial charge in [-0.3, -0.25) is 0 Å². The quantitative estimate of drug-likeness (QED) is 0.133. The fourth-order valence-corrected chi connectivity index (χ4v) is 3.90. The third kappa shape index (κ3) is 10.5. The van der Waals surface area contributed by atoms with Crippen LogP contribution in [0.25, 0.3) is 0 Å². The van der Waals surface area contributed by atoms with Crippen LogP contribution in [0.4, 0.5) is 0 Å². The van der Waals surface area contributed by atoms with Crippen LogP contribution in [0.1, 0.15) is 92.4 Å². The second-order valence-electron chi connectivity index (χ2n) is 9.51. The van der Waals surface area contributed by atoms with Crippen LogP contribution in [0.5, 0.6) is 0 Å². The van der Waals surface area contributed by atoms with Crippen LogP contribution in [0.3, 0.4) is 0 Å². The summed E-state index contributed by atoms with van der Waals surface area (Å²) in [5.41, 5.74) is 3.46. The molecule has 2 saturated heterocycles. The van der Waals surface area contributed by atoms with Crippen molar-refractivity contribution in [2.24, 2.45) is 0 Å². The van der Waals surface area contributed by atoms with Crippen LogP contribution in [-0.2, 0) is 23.7 Å². The van der Waals surface area contributed by atoms with Crippen molar-refractivity contribution in [1.29, 1.82) is 0 Å². The first-order chi connectivity index (χ1) is 15.3. The second kappa shape index (κ2) is 14.0. The fourth-order valence-electron chi connectivity index (χ4n) is 3.90. The molecule has 2 aliphatic heterocycles. The lowest BCUT2D eigenvalue weighted by atomic mass is 10.0. The number of allylic oxidation sites excluding steroid dienone is 4. The lowest BCUT2D eigenvalue weighted by Gasteiger charge is -2.22. The van der Waals surface area contributed by atoms with Gasteiger partial charge < -0.3 is 18.9 Å². The van der Waals surface area contributed by atoms with E-state index in [1.807, 2.05) is 13.0 Å². The summed E-state index contributed by atoms with van der Waals surface area (Å²) in [6, 6.07) is 0. The van der Waals surface area contributed by atoms with Gasteiger partial charge in [0.05, 0.1) is 24.9 Å². The first-order valence-electron chi connectivity index (χ1n) is 12.4. The Morgan fingerprint density at radius 1 is 1.03 bits per heavy atom. The van der Waals surface area contributed by atoms with Crippen LogP contribution in [0.2, 0.25) is 0 Å². The molecule has 0 aromatic carbocycles. The van der Waals surface area contributed by atoms with Gasteiger partial charge in [0, 0.05) is 12.2 Å². The minimum atomic E-state index is -0.189. The first kappa shape index (κ1) is 26.8. The molecule has 0 radical (unpaired) electrons. The van der Waals surface area contributed by atoms with E-state index in [0.29, 0.717) is 25.7 Å². The van der Waals surface area contributed by atoms with E-state index in [0.717, 1.165) is 57.1 Å². The van der Waals surface area contributed by atoms with Crippen molar-refractivity contribution >= 4 is 5.97 Å². The molecule has 0 aliphatic carbocycles. The fraction of sp³-hybridized carbons (Fsp3) is 0.741. The van der Waals surface area contributed by atoms with Crippen LogP contribution in [0, 0.1) is 0 Å². The van der Waals surface area contributed by atoms with Crippen molar-refractivity contribution in [3.8, 4) is 0 Å². The molecule has 0 spiro atoms. The molecule has 2 atom stereocenters. The van der Waals surface area contributed by atoms with Crippen molar-refractivity contribution in [3.63, 3.8) is 0 Å². The minimum absolute atomic E-state index is 0.0529. The molecule has 5 heteroatoms. The second-order valence-corrected chi connectivity index (χ2v) is 9.51. The third-order valence-corrected chi connectivity index (χ3v) is 6.19. The number of rotatable bonds is 14. The van der Waals surface area contributed by atoms with Crippen LogP contribution in [0.15, 0.2) is 34.9 Å². The molecular formula is C27H44O5. The molecule has 2 aliphatic rings. The molecule has 32 heavy (non-hydrogen) atoms. The van der Waals surface area contributed by atoms with Gasteiger partial charge in [-0.1, -0.05) is 29.4 Å². The summed E-state index contributed by atoms with van der Waals surface area (Å²) in [6.45, 7) is 12.2. The summed E-state index contributed by atoms with van der Waals surface area (Å²) in [4.78, 5) is 12.4. The molecule has 0 saturated carbocycles. The van der Waals surface area contributed by atoms with E-state index in [9.17, 15) is 4.79 Å². The molecule has 2 unspecified atom stereocenters. The van der Waals surface area contributed by atoms with Crippen molar-refractivity contribution in [2.75, 3.05) is 19.8 Å². The summed E-state index contributed by atoms with van der Waals surface area (Å²) in [6.07, 6.45) is 15.5. The Morgan fingerprint density at radius 3 is 2.41 bits per heavy atom. The molecule has 182 valence electrons. The minimum Gasteiger partial charge on any atom is -0.463 e. The number of hydrogen-bond acceptors (Lipinski definition) is 5. The van der Waals surface area contributed by atoms with Gasteiger partial charge in [-0.25, -0.2) is 4.79 Å². The maximum Gasteiger partial charge on any atom is 0.333 e. The Bertz CT molecular complexity index is 668. The molecule has 0 amide bonds. The van der Waals surface area contributed by atoms with Crippen LogP contribution >= 0.6 is 0 Å². The summed E-state index contributed by atoms with van der Waals surface area (Å²) < 4.78 is 22.3. The Hall–Kier alpha value is -1.43. The lowest BCUT2D eigenvalue weighted by molar-refractivity contribution is -0.155. The van der Waals surface area contributed by atoms with Gasteiger partial charge in [-0.2, -0.15) is 0 Å². The zero-order chi connectivity index (χ0) is 23.4. The van der Waals surface area contributed by atoms with E-state index < -0.39 is 0 Å². The first-order valence-corrected chi connectivity index (χ1v) is 12.4. The average Bonchev–Trinajstić information content (AvgIpc) is 3.38. The van der Waals surface area contributed by atoms with Gasteiger partial charge in [0.25, 0.3) is 0 Å². The molecule has 2 rings (SSSR count). The highest BCUT2D eigenvalue weighted by Gasteiger charge is 2.46. The van der Waals surface area contributed by atoms with E-state index in [1.165, 1.54) is 17.6 Å². The Kier molecular flexibility index (Phi) is 11.7. The highest BCUT2D eigenvalue weighted by Crippen LogP contribution is 2.38. The van der Waals surface area contributed by atoms with Crippen LogP contribution in [-0.4, -0.2) is 43.8 Å². The number of esters is 1. The maximum atomic E-state index is 12.4. The van der Waals surface area contributed by atoms with Crippen molar-refractivity contribution in [2.45, 2.75) is 110 Å². The molecule has 2 fully saturated rings. The summed E-state index contributed by atoms with van der Waals surface area (Å²) in [5, 5.41) is 0. The standard InChI is InChI=1S/C27H44O5/c1-6-29-26(28)23(13-9-11-21(2)16-17-24-27(4,5)32-24)14-10-12-22(3)18-20-31-25-15-7-8-19-30-25/h11,14,18,24-25H,6-10,12-13,15-17,19-20H2,1-5H3/b21-11+,22-18+,23-14+. The SMILES string of the molecule is CCOC(=O)/C(=C/CC/C(C)=C/COC1CCCCO1)CC/C=C(\C)CCC1OC1(C)C. The zero-order valence-electron chi connectivity index (χ0n) is 20.9. The third-order valence-electron chi connectivity index (χ3n) is 6.19. The van der Waals surface area contributed by atoms with E-state index in [4.69, 9.17) is 18.9 Å². The van der Waals surface area contributed by atoms with Gasteiger partial charge in [0.2, 0.25) is 0 Å². The summed E-state index contributed by atoms with van der Waals surface area (Å²) in [5.74, 6) is -0.189. The van der Waals surface area contributed by atoms with E-state index in [-0.39, 0.29) is 17.9 Å². The zero-order valence-corrected chi connectivity index (χ0v) is 20.9. The van der Waals surface area contributed by atoms with Crippen molar-refractivity contribution < 1.29 is 23.7 Å². The molecule has 0 bridgehead atoms. The van der Waals surface area contributed by atoms with Crippen molar-refractivity contribution in [3.05, 3.63) is 34.9 Å². The van der Waals surface area contributed by atoms with Gasteiger partial charge in [0.1, 0.15) is 0 Å². The number of ether oxygens (including phenoxy) is 4. The van der Waals surface area contributed by atoms with Crippen molar-refractivity contribution in [1.82, 2.24) is 0 Å². The predicted octanol–water partition coefficient (Wildman–Crippen LogP) is 6.43. The Labute approximate surface area is 195 Å². The largest absolute Gasteiger partial charge is 0.463 e. The molecular weight excluding hydrogens is 404 g/mol. The number of hydrogen-bond donors (Lipinski definition) is 0. The Balaban J connectivity index is 1.73. The van der Waals surface area contributed by atoms with E-state index in [2.05, 4.69) is 39.8 Å². The molecule has 2 heterocycles. The smallest absolute Gasteiger partial charge is 0.333 e. The van der Waals surface area contributed by atoms with E-state index >= 15 is 0 Å². The predicted molar refractivity (Wildman–Crippen MR) is 128 cm³/mol.